The standard InChI is InChI=1S/C25H31NO6/c1-16(28)31-23(22-13-21(29)14-26(22)24(30)32-25(2,3)4)20-11-9-19(10-12-20)18-7-5-17(15-27)6-8-18/h5-12,21-23,27,29H,13-15H2,1-4H3. The number of β-amino-alcohol motifs (C(OH)–C–C–N with tert-alkyl or cyclic N) is 1. The molecule has 0 radical (unpaired) electrons. The highest BCUT2D eigenvalue weighted by Gasteiger charge is 2.43. The normalized spacial score (nSPS) is 19.5. The molecule has 0 saturated carbocycles. The Balaban J connectivity index is 1.87. The van der Waals surface area contributed by atoms with Gasteiger partial charge in [-0.05, 0) is 49.4 Å². The van der Waals surface area contributed by atoms with Gasteiger partial charge < -0.3 is 19.7 Å². The number of aliphatic hydroxyl groups is 2. The second-order valence-electron chi connectivity index (χ2n) is 9.10. The van der Waals surface area contributed by atoms with Gasteiger partial charge in [0.25, 0.3) is 0 Å². The Morgan fingerprint density at radius 2 is 1.62 bits per heavy atom. The van der Waals surface area contributed by atoms with Crippen molar-refractivity contribution in [2.24, 2.45) is 0 Å². The van der Waals surface area contributed by atoms with E-state index in [1.807, 2.05) is 48.5 Å². The van der Waals surface area contributed by atoms with Crippen LogP contribution in [0.25, 0.3) is 11.1 Å². The first-order chi connectivity index (χ1) is 15.1. The highest BCUT2D eigenvalue weighted by Crippen LogP contribution is 2.34. The lowest BCUT2D eigenvalue weighted by Crippen LogP contribution is -2.43. The number of aliphatic hydroxyl groups excluding tert-OH is 2. The SMILES string of the molecule is CC(=O)OC(c1ccc(-c2ccc(CO)cc2)cc1)C1CC(O)CN1C(=O)OC(C)(C)C. The number of carbonyl (C=O) groups excluding carboxylic acids is 2. The Kier molecular flexibility index (Phi) is 7.21. The maximum Gasteiger partial charge on any atom is 0.410 e. The van der Waals surface area contributed by atoms with Crippen molar-refractivity contribution in [1.29, 1.82) is 0 Å². The van der Waals surface area contributed by atoms with Gasteiger partial charge in [0, 0.05) is 6.92 Å². The number of carbonyl (C=O) groups is 2. The second-order valence-corrected chi connectivity index (χ2v) is 9.10. The highest BCUT2D eigenvalue weighted by molar-refractivity contribution is 5.70. The number of hydrogen-bond acceptors (Lipinski definition) is 6. The lowest BCUT2D eigenvalue weighted by Gasteiger charge is -2.32. The summed E-state index contributed by atoms with van der Waals surface area (Å²) in [5.74, 6) is -0.468. The zero-order valence-electron chi connectivity index (χ0n) is 18.9. The monoisotopic (exact) mass is 441 g/mol. The molecule has 1 saturated heterocycles. The summed E-state index contributed by atoms with van der Waals surface area (Å²) in [5.41, 5.74) is 2.84. The van der Waals surface area contributed by atoms with E-state index in [0.717, 1.165) is 22.3 Å². The number of rotatable bonds is 5. The fourth-order valence-electron chi connectivity index (χ4n) is 3.88. The van der Waals surface area contributed by atoms with Crippen LogP contribution >= 0.6 is 0 Å². The Hall–Kier alpha value is -2.90. The van der Waals surface area contributed by atoms with E-state index < -0.39 is 35.9 Å². The summed E-state index contributed by atoms with van der Waals surface area (Å²) in [7, 11) is 0. The van der Waals surface area contributed by atoms with E-state index in [1.54, 1.807) is 20.8 Å². The van der Waals surface area contributed by atoms with Crippen LogP contribution in [0.1, 0.15) is 51.3 Å². The van der Waals surface area contributed by atoms with E-state index in [-0.39, 0.29) is 19.6 Å². The largest absolute Gasteiger partial charge is 0.455 e. The van der Waals surface area contributed by atoms with Crippen LogP contribution in [0.5, 0.6) is 0 Å². The molecule has 172 valence electrons. The van der Waals surface area contributed by atoms with Gasteiger partial charge in [-0.15, -0.1) is 0 Å². The van der Waals surface area contributed by atoms with Crippen LogP contribution in [0.2, 0.25) is 0 Å². The minimum atomic E-state index is -0.733. The fourth-order valence-corrected chi connectivity index (χ4v) is 3.88. The summed E-state index contributed by atoms with van der Waals surface area (Å²) in [6.07, 6.45) is -1.73. The Morgan fingerprint density at radius 1 is 1.06 bits per heavy atom. The van der Waals surface area contributed by atoms with Crippen LogP contribution in [0, 0.1) is 0 Å². The van der Waals surface area contributed by atoms with Crippen LogP contribution in [0.4, 0.5) is 4.79 Å². The molecule has 3 atom stereocenters. The van der Waals surface area contributed by atoms with Crippen molar-refractivity contribution < 1.29 is 29.3 Å². The zero-order chi connectivity index (χ0) is 23.5. The first kappa shape index (κ1) is 23.8. The van der Waals surface area contributed by atoms with Crippen LogP contribution in [0.3, 0.4) is 0 Å². The van der Waals surface area contributed by atoms with Crippen LogP contribution in [-0.4, -0.2) is 51.5 Å². The molecule has 0 spiro atoms. The lowest BCUT2D eigenvalue weighted by atomic mass is 9.96. The van der Waals surface area contributed by atoms with Crippen LogP contribution < -0.4 is 0 Å². The van der Waals surface area contributed by atoms with Crippen molar-refractivity contribution in [3.8, 4) is 11.1 Å². The minimum Gasteiger partial charge on any atom is -0.455 e. The Morgan fingerprint density at radius 3 is 2.12 bits per heavy atom. The van der Waals surface area contributed by atoms with E-state index >= 15 is 0 Å². The van der Waals surface area contributed by atoms with Crippen molar-refractivity contribution in [2.75, 3.05) is 6.54 Å². The number of hydrogen-bond donors (Lipinski definition) is 2. The highest BCUT2D eigenvalue weighted by atomic mass is 16.6. The summed E-state index contributed by atoms with van der Waals surface area (Å²) in [5, 5.41) is 19.5. The van der Waals surface area contributed by atoms with Crippen LogP contribution in [-0.2, 0) is 20.9 Å². The van der Waals surface area contributed by atoms with Gasteiger partial charge >= 0.3 is 12.1 Å². The van der Waals surface area contributed by atoms with E-state index in [2.05, 4.69) is 0 Å². The quantitative estimate of drug-likeness (QED) is 0.685. The van der Waals surface area contributed by atoms with E-state index in [0.29, 0.717) is 0 Å². The summed E-state index contributed by atoms with van der Waals surface area (Å²) < 4.78 is 11.1. The molecular weight excluding hydrogens is 410 g/mol. The number of likely N-dealkylation sites (tertiary alicyclic amines) is 1. The van der Waals surface area contributed by atoms with E-state index in [1.165, 1.54) is 11.8 Å². The van der Waals surface area contributed by atoms with Crippen molar-refractivity contribution in [3.05, 3.63) is 59.7 Å². The van der Waals surface area contributed by atoms with E-state index in [4.69, 9.17) is 9.47 Å². The average molecular weight is 442 g/mol. The van der Waals surface area contributed by atoms with Gasteiger partial charge in [-0.25, -0.2) is 4.79 Å². The third kappa shape index (κ3) is 5.87. The van der Waals surface area contributed by atoms with E-state index in [9.17, 15) is 19.8 Å². The van der Waals surface area contributed by atoms with Crippen molar-refractivity contribution in [2.45, 2.75) is 64.6 Å². The molecular formula is C25H31NO6. The molecule has 3 rings (SSSR count). The lowest BCUT2D eigenvalue weighted by molar-refractivity contribution is -0.150. The molecule has 0 aliphatic carbocycles. The summed E-state index contributed by atoms with van der Waals surface area (Å²) >= 11 is 0. The molecule has 2 N–H and O–H groups in total. The molecule has 1 aliphatic heterocycles. The molecule has 1 fully saturated rings. The molecule has 32 heavy (non-hydrogen) atoms. The molecule has 1 heterocycles. The fraction of sp³-hybridized carbons (Fsp3) is 0.440. The predicted molar refractivity (Wildman–Crippen MR) is 120 cm³/mol. The van der Waals surface area contributed by atoms with Gasteiger partial charge in [-0.3, -0.25) is 9.69 Å². The van der Waals surface area contributed by atoms with Crippen molar-refractivity contribution in [3.63, 3.8) is 0 Å². The van der Waals surface area contributed by atoms with Gasteiger partial charge in [0.15, 0.2) is 0 Å². The second kappa shape index (κ2) is 9.71. The molecule has 7 nitrogen and oxygen atoms in total. The minimum absolute atomic E-state index is 0.00926. The molecule has 1 amide bonds. The van der Waals surface area contributed by atoms with Crippen LogP contribution in [0.15, 0.2) is 48.5 Å². The van der Waals surface area contributed by atoms with Gasteiger partial charge in [0.1, 0.15) is 11.7 Å². The number of esters is 1. The average Bonchev–Trinajstić information content (AvgIpc) is 3.12. The van der Waals surface area contributed by atoms with Crippen molar-refractivity contribution >= 4 is 12.1 Å². The number of nitrogens with zero attached hydrogens (tertiary/aromatic N) is 1. The molecule has 2 aromatic rings. The number of amides is 1. The maximum atomic E-state index is 12.8. The summed E-state index contributed by atoms with van der Waals surface area (Å²) in [6.45, 7) is 6.77. The third-order valence-electron chi connectivity index (χ3n) is 5.30. The summed E-state index contributed by atoms with van der Waals surface area (Å²) in [6, 6.07) is 14.6. The number of benzene rings is 2. The van der Waals surface area contributed by atoms with Gasteiger partial charge in [-0.2, -0.15) is 0 Å². The summed E-state index contributed by atoms with van der Waals surface area (Å²) in [4.78, 5) is 26.1. The molecule has 7 heteroatoms. The molecule has 2 aromatic carbocycles. The molecule has 0 aromatic heterocycles. The predicted octanol–water partition coefficient (Wildman–Crippen LogP) is 3.82. The molecule has 1 aliphatic rings. The van der Waals surface area contributed by atoms with Gasteiger partial charge in [-0.1, -0.05) is 48.5 Å². The smallest absolute Gasteiger partial charge is 0.410 e. The molecule has 0 bridgehead atoms. The zero-order valence-corrected chi connectivity index (χ0v) is 18.9. The van der Waals surface area contributed by atoms with Gasteiger partial charge in [0.2, 0.25) is 0 Å². The third-order valence-corrected chi connectivity index (χ3v) is 5.30. The van der Waals surface area contributed by atoms with Gasteiger partial charge in [0.05, 0.1) is 25.3 Å². The number of ether oxygens (including phenoxy) is 2. The maximum absolute atomic E-state index is 12.8. The molecule has 3 unspecified atom stereocenters. The Labute approximate surface area is 188 Å². The topological polar surface area (TPSA) is 96.3 Å². The Bertz CT molecular complexity index is 932. The van der Waals surface area contributed by atoms with Crippen molar-refractivity contribution in [1.82, 2.24) is 4.90 Å². The first-order valence-corrected chi connectivity index (χ1v) is 10.7. The first-order valence-electron chi connectivity index (χ1n) is 10.7.